The van der Waals surface area contributed by atoms with E-state index in [9.17, 15) is 14.9 Å². The molecule has 0 aliphatic carbocycles. The van der Waals surface area contributed by atoms with Crippen molar-refractivity contribution in [2.24, 2.45) is 0 Å². The number of ether oxygens (including phenoxy) is 2. The molecular formula is C18H20N2O5. The lowest BCUT2D eigenvalue weighted by molar-refractivity contribution is -0.385. The third-order valence-corrected chi connectivity index (χ3v) is 3.72. The number of nitrogens with one attached hydrogen (secondary N) is 1. The molecule has 132 valence electrons. The van der Waals surface area contributed by atoms with Crippen molar-refractivity contribution in [1.82, 2.24) is 5.32 Å². The summed E-state index contributed by atoms with van der Waals surface area (Å²) >= 11 is 0. The van der Waals surface area contributed by atoms with Crippen molar-refractivity contribution >= 4 is 11.6 Å². The number of nitro benzene ring substituents is 1. The second-order valence-electron chi connectivity index (χ2n) is 5.53. The van der Waals surface area contributed by atoms with Crippen LogP contribution >= 0.6 is 0 Å². The van der Waals surface area contributed by atoms with Gasteiger partial charge < -0.3 is 14.8 Å². The van der Waals surface area contributed by atoms with Gasteiger partial charge in [-0.2, -0.15) is 0 Å². The number of nitro groups is 1. The number of carbonyl (C=O) groups excluding carboxylic acids is 1. The van der Waals surface area contributed by atoms with Crippen molar-refractivity contribution in [2.75, 3.05) is 13.7 Å². The van der Waals surface area contributed by atoms with Gasteiger partial charge in [0.05, 0.1) is 18.1 Å². The summed E-state index contributed by atoms with van der Waals surface area (Å²) in [6.07, 6.45) is 0. The van der Waals surface area contributed by atoms with Gasteiger partial charge in [0.2, 0.25) is 0 Å². The SMILES string of the molecule is COc1ccccc1[C@@H](C)NC(=O)COc1ccc([N+](=O)[O-])c(C)c1. The molecule has 7 nitrogen and oxygen atoms in total. The molecule has 25 heavy (non-hydrogen) atoms. The van der Waals surface area contributed by atoms with Gasteiger partial charge in [-0.25, -0.2) is 0 Å². The van der Waals surface area contributed by atoms with E-state index in [1.807, 2.05) is 31.2 Å². The van der Waals surface area contributed by atoms with Crippen LogP contribution in [0.25, 0.3) is 0 Å². The molecule has 7 heteroatoms. The van der Waals surface area contributed by atoms with Crippen LogP contribution in [0.15, 0.2) is 42.5 Å². The molecule has 0 aliphatic rings. The highest BCUT2D eigenvalue weighted by Crippen LogP contribution is 2.25. The summed E-state index contributed by atoms with van der Waals surface area (Å²) in [6.45, 7) is 3.29. The van der Waals surface area contributed by atoms with Crippen LogP contribution < -0.4 is 14.8 Å². The largest absolute Gasteiger partial charge is 0.496 e. The number of hydrogen-bond acceptors (Lipinski definition) is 5. The molecule has 0 aromatic heterocycles. The Balaban J connectivity index is 1.94. The Hall–Kier alpha value is -3.09. The van der Waals surface area contributed by atoms with Crippen LogP contribution in [0.2, 0.25) is 0 Å². The topological polar surface area (TPSA) is 90.7 Å². The van der Waals surface area contributed by atoms with E-state index >= 15 is 0 Å². The van der Waals surface area contributed by atoms with E-state index in [1.54, 1.807) is 14.0 Å². The Bertz CT molecular complexity index is 776. The smallest absolute Gasteiger partial charge is 0.272 e. The first kappa shape index (κ1) is 18.3. The second kappa shape index (κ2) is 8.14. The van der Waals surface area contributed by atoms with Gasteiger partial charge in [-0.3, -0.25) is 14.9 Å². The van der Waals surface area contributed by atoms with Crippen LogP contribution in [-0.4, -0.2) is 24.5 Å². The first-order chi connectivity index (χ1) is 11.9. The molecule has 0 aliphatic heterocycles. The van der Waals surface area contributed by atoms with Gasteiger partial charge in [0.1, 0.15) is 11.5 Å². The number of methoxy groups -OCH3 is 1. The zero-order valence-electron chi connectivity index (χ0n) is 14.3. The number of aryl methyl sites for hydroxylation is 1. The van der Waals surface area contributed by atoms with Gasteiger partial charge in [0, 0.05) is 17.2 Å². The number of carbonyl (C=O) groups is 1. The normalized spacial score (nSPS) is 11.5. The fourth-order valence-electron chi connectivity index (χ4n) is 2.46. The van der Waals surface area contributed by atoms with Crippen LogP contribution in [0.5, 0.6) is 11.5 Å². The highest BCUT2D eigenvalue weighted by molar-refractivity contribution is 5.78. The second-order valence-corrected chi connectivity index (χ2v) is 5.53. The number of para-hydroxylation sites is 1. The quantitative estimate of drug-likeness (QED) is 0.615. The van der Waals surface area contributed by atoms with Gasteiger partial charge in [-0.05, 0) is 32.0 Å². The molecule has 0 spiro atoms. The van der Waals surface area contributed by atoms with Gasteiger partial charge in [0.15, 0.2) is 6.61 Å². The first-order valence-corrected chi connectivity index (χ1v) is 7.72. The number of nitrogens with zero attached hydrogens (tertiary/aromatic N) is 1. The minimum Gasteiger partial charge on any atom is -0.496 e. The van der Waals surface area contributed by atoms with Crippen LogP contribution in [-0.2, 0) is 4.79 Å². The number of rotatable bonds is 7. The maximum absolute atomic E-state index is 12.1. The highest BCUT2D eigenvalue weighted by atomic mass is 16.6. The standard InChI is InChI=1S/C18H20N2O5/c1-12-10-14(8-9-16(12)20(22)23)25-11-18(21)19-13(2)15-6-4-5-7-17(15)24-3/h4-10,13H,11H2,1-3H3,(H,19,21)/t13-/m1/s1. The minimum atomic E-state index is -0.458. The molecule has 2 rings (SSSR count). The van der Waals surface area contributed by atoms with Crippen LogP contribution in [0, 0.1) is 17.0 Å². The van der Waals surface area contributed by atoms with E-state index in [2.05, 4.69) is 5.32 Å². The van der Waals surface area contributed by atoms with E-state index in [4.69, 9.17) is 9.47 Å². The maximum Gasteiger partial charge on any atom is 0.272 e. The zero-order chi connectivity index (χ0) is 18.4. The predicted octanol–water partition coefficient (Wildman–Crippen LogP) is 3.17. The predicted molar refractivity (Wildman–Crippen MR) is 92.9 cm³/mol. The van der Waals surface area contributed by atoms with E-state index in [0.29, 0.717) is 17.1 Å². The summed E-state index contributed by atoms with van der Waals surface area (Å²) in [4.78, 5) is 22.4. The van der Waals surface area contributed by atoms with Crippen molar-refractivity contribution in [3.8, 4) is 11.5 Å². The summed E-state index contributed by atoms with van der Waals surface area (Å²) in [5, 5.41) is 13.6. The van der Waals surface area contributed by atoms with E-state index in [1.165, 1.54) is 18.2 Å². The van der Waals surface area contributed by atoms with Crippen molar-refractivity contribution in [3.05, 3.63) is 63.7 Å². The Morgan fingerprint density at radius 2 is 2.00 bits per heavy atom. The van der Waals surface area contributed by atoms with Gasteiger partial charge >= 0.3 is 0 Å². The number of amides is 1. The van der Waals surface area contributed by atoms with Crippen LogP contribution in [0.3, 0.4) is 0 Å². The summed E-state index contributed by atoms with van der Waals surface area (Å²) in [6, 6.07) is 11.6. The Kier molecular flexibility index (Phi) is 5.94. The van der Waals surface area contributed by atoms with E-state index < -0.39 is 4.92 Å². The Morgan fingerprint density at radius 1 is 1.28 bits per heavy atom. The molecule has 1 N–H and O–H groups in total. The average Bonchev–Trinajstić information content (AvgIpc) is 2.59. The molecule has 0 bridgehead atoms. The summed E-state index contributed by atoms with van der Waals surface area (Å²) < 4.78 is 10.7. The highest BCUT2D eigenvalue weighted by Gasteiger charge is 2.15. The first-order valence-electron chi connectivity index (χ1n) is 7.72. The third kappa shape index (κ3) is 4.69. The molecule has 0 saturated heterocycles. The fraction of sp³-hybridized carbons (Fsp3) is 0.278. The Labute approximate surface area is 145 Å². The summed E-state index contributed by atoms with van der Waals surface area (Å²) in [5.74, 6) is 0.805. The van der Waals surface area contributed by atoms with Crippen LogP contribution in [0.4, 0.5) is 5.69 Å². The minimum absolute atomic E-state index is 0.0154. The van der Waals surface area contributed by atoms with E-state index in [-0.39, 0.29) is 24.2 Å². The molecule has 0 fully saturated rings. The zero-order valence-corrected chi connectivity index (χ0v) is 14.3. The lowest BCUT2D eigenvalue weighted by Crippen LogP contribution is -2.31. The lowest BCUT2D eigenvalue weighted by Gasteiger charge is -2.17. The lowest BCUT2D eigenvalue weighted by atomic mass is 10.1. The number of benzene rings is 2. The van der Waals surface area contributed by atoms with Crippen molar-refractivity contribution in [2.45, 2.75) is 19.9 Å². The molecule has 2 aromatic carbocycles. The van der Waals surface area contributed by atoms with Gasteiger partial charge in [-0.15, -0.1) is 0 Å². The molecule has 1 amide bonds. The molecule has 1 atom stereocenters. The molecule has 0 unspecified atom stereocenters. The van der Waals surface area contributed by atoms with Crippen LogP contribution in [0.1, 0.15) is 24.1 Å². The Morgan fingerprint density at radius 3 is 2.64 bits per heavy atom. The monoisotopic (exact) mass is 344 g/mol. The van der Waals surface area contributed by atoms with Crippen molar-refractivity contribution in [3.63, 3.8) is 0 Å². The van der Waals surface area contributed by atoms with Crippen molar-refractivity contribution in [1.29, 1.82) is 0 Å². The third-order valence-electron chi connectivity index (χ3n) is 3.72. The summed E-state index contributed by atoms with van der Waals surface area (Å²) in [5.41, 5.74) is 1.36. The molecule has 0 radical (unpaired) electrons. The molecule has 2 aromatic rings. The van der Waals surface area contributed by atoms with Crippen molar-refractivity contribution < 1.29 is 19.2 Å². The van der Waals surface area contributed by atoms with Gasteiger partial charge in [-0.1, -0.05) is 18.2 Å². The fourth-order valence-corrected chi connectivity index (χ4v) is 2.46. The van der Waals surface area contributed by atoms with E-state index in [0.717, 1.165) is 5.56 Å². The molecule has 0 heterocycles. The summed E-state index contributed by atoms with van der Waals surface area (Å²) in [7, 11) is 1.58. The average molecular weight is 344 g/mol. The molecule has 0 saturated carbocycles. The molecular weight excluding hydrogens is 324 g/mol. The number of hydrogen-bond donors (Lipinski definition) is 1. The van der Waals surface area contributed by atoms with Gasteiger partial charge in [0.25, 0.3) is 11.6 Å². The maximum atomic E-state index is 12.1.